The van der Waals surface area contributed by atoms with Crippen molar-refractivity contribution in [2.24, 2.45) is 0 Å². The predicted octanol–water partition coefficient (Wildman–Crippen LogP) is 3.18. The fraction of sp³-hybridized carbons (Fsp3) is 0.435. The van der Waals surface area contributed by atoms with Gasteiger partial charge in [-0.15, -0.1) is 0 Å². The number of likely N-dealkylation sites (N-methyl/N-ethyl adjacent to an activating group) is 1. The SMILES string of the molecule is Cc1ccccc1OCC(=O)NC[C@H](c1ccc2c(c1)CCCN2C)N(C)C. The van der Waals surface area contributed by atoms with Crippen LogP contribution >= 0.6 is 0 Å². The maximum Gasteiger partial charge on any atom is 0.258 e. The number of hydrogen-bond acceptors (Lipinski definition) is 4. The summed E-state index contributed by atoms with van der Waals surface area (Å²) in [4.78, 5) is 16.8. The Balaban J connectivity index is 1.60. The van der Waals surface area contributed by atoms with Gasteiger partial charge in [-0.25, -0.2) is 0 Å². The third-order valence-corrected chi connectivity index (χ3v) is 5.41. The molecule has 2 aromatic rings. The molecule has 0 radical (unpaired) electrons. The molecule has 28 heavy (non-hydrogen) atoms. The van der Waals surface area contributed by atoms with Crippen LogP contribution in [0.2, 0.25) is 0 Å². The van der Waals surface area contributed by atoms with Gasteiger partial charge in [-0.1, -0.05) is 30.3 Å². The number of nitrogens with one attached hydrogen (secondary N) is 1. The van der Waals surface area contributed by atoms with Crippen molar-refractivity contribution in [2.75, 3.05) is 45.7 Å². The maximum absolute atomic E-state index is 12.3. The van der Waals surface area contributed by atoms with Crippen molar-refractivity contribution in [1.29, 1.82) is 0 Å². The lowest BCUT2D eigenvalue weighted by atomic mass is 9.96. The van der Waals surface area contributed by atoms with Crippen molar-refractivity contribution < 1.29 is 9.53 Å². The fourth-order valence-corrected chi connectivity index (χ4v) is 3.73. The molecule has 0 saturated heterocycles. The third-order valence-electron chi connectivity index (χ3n) is 5.41. The van der Waals surface area contributed by atoms with Crippen LogP contribution in [0.15, 0.2) is 42.5 Å². The molecule has 5 heteroatoms. The first kappa shape index (κ1) is 20.2. The zero-order valence-corrected chi connectivity index (χ0v) is 17.4. The van der Waals surface area contributed by atoms with Gasteiger partial charge in [0.05, 0.1) is 6.04 Å². The third kappa shape index (κ3) is 4.84. The number of fused-ring (bicyclic) bond motifs is 1. The first-order chi connectivity index (χ1) is 13.5. The Labute approximate surface area is 168 Å². The number of anilines is 1. The minimum atomic E-state index is -0.104. The summed E-state index contributed by atoms with van der Waals surface area (Å²) in [7, 11) is 6.24. The standard InChI is InChI=1S/C23H31N3O2/c1-17-8-5-6-10-22(17)28-16-23(27)24-15-21(25(2)3)19-11-12-20-18(14-19)9-7-13-26(20)4/h5-6,8,10-12,14,21H,7,9,13,15-16H2,1-4H3,(H,24,27)/t21-/m1/s1. The highest BCUT2D eigenvalue weighted by Crippen LogP contribution is 2.29. The summed E-state index contributed by atoms with van der Waals surface area (Å²) in [5.74, 6) is 0.647. The quantitative estimate of drug-likeness (QED) is 0.800. The van der Waals surface area contributed by atoms with Crippen LogP contribution in [0.25, 0.3) is 0 Å². The number of ether oxygens (including phenoxy) is 1. The van der Waals surface area contributed by atoms with E-state index in [4.69, 9.17) is 4.74 Å². The van der Waals surface area contributed by atoms with E-state index in [1.807, 2.05) is 45.3 Å². The van der Waals surface area contributed by atoms with Crippen molar-refractivity contribution in [3.8, 4) is 5.75 Å². The van der Waals surface area contributed by atoms with E-state index in [0.29, 0.717) is 6.54 Å². The molecule has 0 saturated carbocycles. The highest BCUT2D eigenvalue weighted by atomic mass is 16.5. The van der Waals surface area contributed by atoms with Crippen LogP contribution < -0.4 is 15.0 Å². The Kier molecular flexibility index (Phi) is 6.57. The number of benzene rings is 2. The van der Waals surface area contributed by atoms with Gasteiger partial charge in [0.25, 0.3) is 5.91 Å². The lowest BCUT2D eigenvalue weighted by Gasteiger charge is -2.30. The summed E-state index contributed by atoms with van der Waals surface area (Å²) in [6.07, 6.45) is 2.30. The van der Waals surface area contributed by atoms with Crippen molar-refractivity contribution in [2.45, 2.75) is 25.8 Å². The fourth-order valence-electron chi connectivity index (χ4n) is 3.73. The summed E-state index contributed by atoms with van der Waals surface area (Å²) in [5, 5.41) is 3.03. The molecule has 0 unspecified atom stereocenters. The Morgan fingerprint density at radius 3 is 2.79 bits per heavy atom. The average Bonchev–Trinajstić information content (AvgIpc) is 2.67. The van der Waals surface area contributed by atoms with Crippen molar-refractivity contribution in [3.63, 3.8) is 0 Å². The van der Waals surface area contributed by atoms with E-state index in [1.165, 1.54) is 23.2 Å². The van der Waals surface area contributed by atoms with Crippen LogP contribution in [-0.2, 0) is 11.2 Å². The van der Waals surface area contributed by atoms with Gasteiger partial charge in [-0.3, -0.25) is 4.79 Å². The lowest BCUT2D eigenvalue weighted by molar-refractivity contribution is -0.123. The number of nitrogens with zero attached hydrogens (tertiary/aromatic N) is 2. The van der Waals surface area contributed by atoms with Crippen LogP contribution in [0.3, 0.4) is 0 Å². The van der Waals surface area contributed by atoms with E-state index in [-0.39, 0.29) is 18.6 Å². The van der Waals surface area contributed by atoms with Gasteiger partial charge in [-0.2, -0.15) is 0 Å². The summed E-state index contributed by atoms with van der Waals surface area (Å²) in [5.41, 5.74) is 4.98. The predicted molar refractivity (Wildman–Crippen MR) is 114 cm³/mol. The number of hydrogen-bond donors (Lipinski definition) is 1. The molecule has 1 aliphatic heterocycles. The molecule has 1 amide bonds. The molecule has 1 aliphatic rings. The van der Waals surface area contributed by atoms with Gasteiger partial charge in [0.1, 0.15) is 5.75 Å². The molecule has 0 fully saturated rings. The summed E-state index contributed by atoms with van der Waals surface area (Å²) in [6.45, 7) is 3.67. The topological polar surface area (TPSA) is 44.8 Å². The van der Waals surface area contributed by atoms with Gasteiger partial charge in [-0.05, 0) is 62.7 Å². The van der Waals surface area contributed by atoms with Crippen molar-refractivity contribution in [3.05, 3.63) is 59.2 Å². The Morgan fingerprint density at radius 2 is 2.04 bits per heavy atom. The number of rotatable bonds is 7. The highest BCUT2D eigenvalue weighted by Gasteiger charge is 2.19. The minimum absolute atomic E-state index is 0.0278. The van der Waals surface area contributed by atoms with Gasteiger partial charge < -0.3 is 19.9 Å². The molecular weight excluding hydrogens is 350 g/mol. The number of carbonyl (C=O) groups excluding carboxylic acids is 1. The van der Waals surface area contributed by atoms with Gasteiger partial charge >= 0.3 is 0 Å². The molecule has 0 bridgehead atoms. The summed E-state index contributed by atoms with van der Waals surface area (Å²) >= 11 is 0. The number of para-hydroxylation sites is 1. The second kappa shape index (κ2) is 9.11. The van der Waals surface area contributed by atoms with Crippen molar-refractivity contribution >= 4 is 11.6 Å². The average molecular weight is 382 g/mol. The Bertz CT molecular complexity index is 819. The van der Waals surface area contributed by atoms with Gasteiger partial charge in [0, 0.05) is 25.8 Å². The lowest BCUT2D eigenvalue weighted by Crippen LogP contribution is -2.37. The normalized spacial score (nSPS) is 14.5. The highest BCUT2D eigenvalue weighted by molar-refractivity contribution is 5.77. The van der Waals surface area contributed by atoms with Gasteiger partial charge in [0.2, 0.25) is 0 Å². The molecule has 150 valence electrons. The van der Waals surface area contributed by atoms with E-state index in [0.717, 1.165) is 24.3 Å². The smallest absolute Gasteiger partial charge is 0.258 e. The van der Waals surface area contributed by atoms with Crippen LogP contribution in [0.1, 0.15) is 29.2 Å². The molecule has 3 rings (SSSR count). The van der Waals surface area contributed by atoms with Crippen LogP contribution in [0.4, 0.5) is 5.69 Å². The van der Waals surface area contributed by atoms with Crippen LogP contribution in [0, 0.1) is 6.92 Å². The molecule has 1 heterocycles. The van der Waals surface area contributed by atoms with E-state index in [9.17, 15) is 4.79 Å². The molecule has 1 atom stereocenters. The zero-order valence-electron chi connectivity index (χ0n) is 17.4. The van der Waals surface area contributed by atoms with Crippen molar-refractivity contribution in [1.82, 2.24) is 10.2 Å². The molecule has 5 nitrogen and oxygen atoms in total. The molecule has 2 aromatic carbocycles. The monoisotopic (exact) mass is 381 g/mol. The second-order valence-electron chi connectivity index (χ2n) is 7.75. The van der Waals surface area contributed by atoms with Crippen LogP contribution in [-0.4, -0.2) is 51.6 Å². The number of amides is 1. The Hall–Kier alpha value is -2.53. The van der Waals surface area contributed by atoms with Crippen LogP contribution in [0.5, 0.6) is 5.75 Å². The summed E-state index contributed by atoms with van der Waals surface area (Å²) in [6, 6.07) is 14.5. The molecular formula is C23H31N3O2. The number of aryl methyl sites for hydroxylation is 2. The first-order valence-corrected chi connectivity index (χ1v) is 9.91. The molecule has 0 aromatic heterocycles. The molecule has 0 spiro atoms. The molecule has 0 aliphatic carbocycles. The zero-order chi connectivity index (χ0) is 20.1. The second-order valence-corrected chi connectivity index (χ2v) is 7.75. The van der Waals surface area contributed by atoms with E-state index in [1.54, 1.807) is 0 Å². The van der Waals surface area contributed by atoms with E-state index < -0.39 is 0 Å². The van der Waals surface area contributed by atoms with Gasteiger partial charge in [0.15, 0.2) is 6.61 Å². The maximum atomic E-state index is 12.3. The molecule has 1 N–H and O–H groups in total. The van der Waals surface area contributed by atoms with E-state index in [2.05, 4.69) is 40.4 Å². The number of carbonyl (C=O) groups is 1. The minimum Gasteiger partial charge on any atom is -0.484 e. The summed E-state index contributed by atoms with van der Waals surface area (Å²) < 4.78 is 5.65. The largest absolute Gasteiger partial charge is 0.484 e. The first-order valence-electron chi connectivity index (χ1n) is 9.91. The Morgan fingerprint density at radius 1 is 1.25 bits per heavy atom. The van der Waals surface area contributed by atoms with E-state index >= 15 is 0 Å².